The van der Waals surface area contributed by atoms with E-state index < -0.39 is 21.4 Å². The number of carbonyl (C=O) groups is 1. The van der Waals surface area contributed by atoms with E-state index in [0.29, 0.717) is 47.8 Å². The number of sulfone groups is 1. The largest absolute Gasteiger partial charge is 0.494 e. The van der Waals surface area contributed by atoms with Gasteiger partial charge in [-0.2, -0.15) is 0 Å². The number of ether oxygens (including phenoxy) is 2. The molecule has 188 valence electrons. The number of hydrogen-bond acceptors (Lipinski definition) is 7. The summed E-state index contributed by atoms with van der Waals surface area (Å²) in [5.41, 5.74) is 0.995. The highest BCUT2D eigenvalue weighted by Crippen LogP contribution is 2.39. The van der Waals surface area contributed by atoms with Crippen LogP contribution in [0.15, 0.2) is 36.4 Å². The summed E-state index contributed by atoms with van der Waals surface area (Å²) in [4.78, 5) is 15.3. The number of methoxy groups -OCH3 is 2. The van der Waals surface area contributed by atoms with Crippen LogP contribution in [-0.2, 0) is 26.8 Å². The third-order valence-electron chi connectivity index (χ3n) is 6.19. The van der Waals surface area contributed by atoms with E-state index >= 15 is 0 Å². The fourth-order valence-electron chi connectivity index (χ4n) is 4.41. The van der Waals surface area contributed by atoms with Crippen LogP contribution in [0.3, 0.4) is 0 Å². The second-order valence-corrected chi connectivity index (χ2v) is 10.7. The van der Waals surface area contributed by atoms with Crippen molar-refractivity contribution in [1.29, 1.82) is 0 Å². The van der Waals surface area contributed by atoms with Crippen molar-refractivity contribution in [3.05, 3.63) is 70.8 Å². The highest BCUT2D eigenvalue weighted by atomic mass is 32.2. The molecule has 11 heteroatoms. The lowest BCUT2D eigenvalue weighted by atomic mass is 10.1. The van der Waals surface area contributed by atoms with Gasteiger partial charge in [0.1, 0.15) is 40.4 Å². The number of para-hydroxylation sites is 1. The number of halogens is 1. The zero-order valence-electron chi connectivity index (χ0n) is 19.9. The van der Waals surface area contributed by atoms with E-state index in [-0.39, 0.29) is 35.4 Å². The van der Waals surface area contributed by atoms with E-state index in [1.165, 1.54) is 26.4 Å². The number of ketones is 1. The van der Waals surface area contributed by atoms with Crippen LogP contribution in [0.1, 0.15) is 42.4 Å². The Balaban J connectivity index is 1.72. The molecule has 0 bridgehead atoms. The van der Waals surface area contributed by atoms with E-state index in [1.54, 1.807) is 22.8 Å². The standard InChI is InChI=1S/C25H25FN4O5S/c1-27-20-14-18(26)9-7-16(20)11-12-36(32,33)15-23-28-29-25(17-8-10-19(31)13-17)30(23)24-21(34-2)5-4-6-22(24)35-3/h4-7,9,14,17H,8,10-13,15H2,2-3H3. The molecule has 0 N–H and O–H groups in total. The Bertz CT molecular complexity index is 1420. The van der Waals surface area contributed by atoms with Gasteiger partial charge in [-0.1, -0.05) is 12.1 Å². The van der Waals surface area contributed by atoms with Crippen LogP contribution in [0.2, 0.25) is 0 Å². The summed E-state index contributed by atoms with van der Waals surface area (Å²) in [7, 11) is -0.736. The SMILES string of the molecule is [C-]#[N+]c1cc(F)ccc1CCS(=O)(=O)Cc1nnc(C2CCC(=O)C2)n1-c1c(OC)cccc1OC. The fourth-order valence-corrected chi connectivity index (χ4v) is 5.66. The Morgan fingerprint density at radius 1 is 1.17 bits per heavy atom. The third-order valence-corrected chi connectivity index (χ3v) is 7.71. The Morgan fingerprint density at radius 2 is 1.89 bits per heavy atom. The van der Waals surface area contributed by atoms with Gasteiger partial charge in [0.25, 0.3) is 0 Å². The molecule has 1 aliphatic carbocycles. The first-order valence-corrected chi connectivity index (χ1v) is 13.1. The molecular weight excluding hydrogens is 487 g/mol. The smallest absolute Gasteiger partial charge is 0.193 e. The number of benzene rings is 2. The average Bonchev–Trinajstić information content (AvgIpc) is 3.47. The van der Waals surface area contributed by atoms with Crippen molar-refractivity contribution in [2.45, 2.75) is 37.4 Å². The number of nitrogens with zero attached hydrogens (tertiary/aromatic N) is 4. The fraction of sp³-hybridized carbons (Fsp3) is 0.360. The van der Waals surface area contributed by atoms with Gasteiger partial charge in [-0.25, -0.2) is 17.7 Å². The second kappa shape index (κ2) is 10.5. The maximum Gasteiger partial charge on any atom is 0.193 e. The van der Waals surface area contributed by atoms with Gasteiger partial charge in [0, 0.05) is 18.8 Å². The van der Waals surface area contributed by atoms with Gasteiger partial charge < -0.3 is 9.47 Å². The number of rotatable bonds is 9. The quantitative estimate of drug-likeness (QED) is 0.400. The molecule has 1 heterocycles. The van der Waals surface area contributed by atoms with Gasteiger partial charge in [0.2, 0.25) is 0 Å². The predicted molar refractivity (Wildman–Crippen MR) is 130 cm³/mol. The first kappa shape index (κ1) is 25.3. The van der Waals surface area contributed by atoms with Gasteiger partial charge in [-0.3, -0.25) is 9.36 Å². The minimum atomic E-state index is -3.73. The summed E-state index contributed by atoms with van der Waals surface area (Å²) in [6.07, 6.45) is 1.36. The molecular formula is C25H25FN4O5S. The predicted octanol–water partition coefficient (Wildman–Crippen LogP) is 3.97. The van der Waals surface area contributed by atoms with Crippen molar-refractivity contribution in [3.63, 3.8) is 0 Å². The van der Waals surface area contributed by atoms with Gasteiger partial charge in [0.15, 0.2) is 21.3 Å². The van der Waals surface area contributed by atoms with Crippen molar-refractivity contribution < 1.29 is 27.1 Å². The monoisotopic (exact) mass is 512 g/mol. The molecule has 0 aliphatic heterocycles. The highest BCUT2D eigenvalue weighted by molar-refractivity contribution is 7.90. The molecule has 1 aliphatic rings. The number of carbonyl (C=O) groups excluding carboxylic acids is 1. The van der Waals surface area contributed by atoms with Crippen LogP contribution in [0.25, 0.3) is 10.5 Å². The Labute approximate surface area is 208 Å². The lowest BCUT2D eigenvalue weighted by Crippen LogP contribution is -2.17. The Hall–Kier alpha value is -3.78. The second-order valence-electron chi connectivity index (χ2n) is 8.53. The minimum Gasteiger partial charge on any atom is -0.494 e. The molecule has 1 fully saturated rings. The normalized spacial score (nSPS) is 15.6. The molecule has 3 aromatic rings. The van der Waals surface area contributed by atoms with E-state index in [1.807, 2.05) is 0 Å². The average molecular weight is 513 g/mol. The molecule has 1 unspecified atom stereocenters. The lowest BCUT2D eigenvalue weighted by molar-refractivity contribution is -0.117. The van der Waals surface area contributed by atoms with Gasteiger partial charge in [0.05, 0.1) is 26.5 Å². The maximum absolute atomic E-state index is 13.5. The van der Waals surface area contributed by atoms with E-state index in [4.69, 9.17) is 16.0 Å². The summed E-state index contributed by atoms with van der Waals surface area (Å²) < 4.78 is 52.5. The van der Waals surface area contributed by atoms with Crippen LogP contribution >= 0.6 is 0 Å². The summed E-state index contributed by atoms with van der Waals surface area (Å²) in [5.74, 6) is 0.161. The molecule has 2 aromatic carbocycles. The van der Waals surface area contributed by atoms with Crippen molar-refractivity contribution in [3.8, 4) is 17.2 Å². The van der Waals surface area contributed by atoms with E-state index in [0.717, 1.165) is 6.07 Å². The Morgan fingerprint density at radius 3 is 2.50 bits per heavy atom. The van der Waals surface area contributed by atoms with Crippen molar-refractivity contribution >= 4 is 21.3 Å². The van der Waals surface area contributed by atoms with Crippen LogP contribution in [0.5, 0.6) is 11.5 Å². The number of hydrogen-bond donors (Lipinski definition) is 0. The van der Waals surface area contributed by atoms with Crippen LogP contribution < -0.4 is 9.47 Å². The van der Waals surface area contributed by atoms with Crippen molar-refractivity contribution in [2.24, 2.45) is 0 Å². The Kier molecular flexibility index (Phi) is 7.35. The molecule has 1 saturated carbocycles. The number of aromatic nitrogens is 3. The molecule has 0 amide bonds. The van der Waals surface area contributed by atoms with Crippen LogP contribution in [0, 0.1) is 12.4 Å². The first-order valence-electron chi connectivity index (χ1n) is 11.3. The molecule has 4 rings (SSSR count). The zero-order valence-corrected chi connectivity index (χ0v) is 20.7. The summed E-state index contributed by atoms with van der Waals surface area (Å²) >= 11 is 0. The molecule has 1 atom stereocenters. The van der Waals surface area contributed by atoms with E-state index in [2.05, 4.69) is 15.0 Å². The van der Waals surface area contributed by atoms with Crippen molar-refractivity contribution in [2.75, 3.05) is 20.0 Å². The number of aryl methyl sites for hydroxylation is 1. The van der Waals surface area contributed by atoms with Gasteiger partial charge >= 0.3 is 0 Å². The summed E-state index contributed by atoms with van der Waals surface area (Å²) in [5, 5.41) is 8.51. The molecule has 0 spiro atoms. The molecule has 0 radical (unpaired) electrons. The third kappa shape index (κ3) is 5.23. The van der Waals surface area contributed by atoms with Crippen LogP contribution in [-0.4, -0.2) is 48.9 Å². The highest BCUT2D eigenvalue weighted by Gasteiger charge is 2.32. The molecule has 9 nitrogen and oxygen atoms in total. The lowest BCUT2D eigenvalue weighted by Gasteiger charge is -2.19. The summed E-state index contributed by atoms with van der Waals surface area (Å²) in [6.45, 7) is 7.23. The van der Waals surface area contributed by atoms with E-state index in [9.17, 15) is 17.6 Å². The van der Waals surface area contributed by atoms with Gasteiger partial charge in [-0.05, 0) is 42.7 Å². The van der Waals surface area contributed by atoms with Gasteiger partial charge in [-0.15, -0.1) is 10.2 Å². The first-order chi connectivity index (χ1) is 17.3. The summed E-state index contributed by atoms with van der Waals surface area (Å²) in [6, 6.07) is 8.92. The molecule has 0 saturated heterocycles. The molecule has 1 aromatic heterocycles. The molecule has 36 heavy (non-hydrogen) atoms. The maximum atomic E-state index is 13.5. The topological polar surface area (TPSA) is 105 Å². The van der Waals surface area contributed by atoms with Crippen molar-refractivity contribution in [1.82, 2.24) is 14.8 Å². The minimum absolute atomic E-state index is 0.0520. The zero-order chi connectivity index (χ0) is 25.9. The van der Waals surface area contributed by atoms with Crippen LogP contribution in [0.4, 0.5) is 10.1 Å². The number of Topliss-reactive ketones (excluding diaryl/α,β-unsaturated/α-hetero) is 1.